The van der Waals surface area contributed by atoms with Crippen molar-refractivity contribution in [1.82, 2.24) is 0 Å². The number of benzene rings is 2. The summed E-state index contributed by atoms with van der Waals surface area (Å²) in [4.78, 5) is 0. The average molecular weight is 311 g/mol. The van der Waals surface area contributed by atoms with Crippen molar-refractivity contribution in [2.24, 2.45) is 5.73 Å². The summed E-state index contributed by atoms with van der Waals surface area (Å²) >= 11 is 0. The van der Waals surface area contributed by atoms with Crippen LogP contribution >= 0.6 is 0 Å². The van der Waals surface area contributed by atoms with Gasteiger partial charge in [0.25, 0.3) is 0 Å². The van der Waals surface area contributed by atoms with Gasteiger partial charge in [-0.25, -0.2) is 0 Å². The van der Waals surface area contributed by atoms with Crippen molar-refractivity contribution in [3.8, 4) is 11.5 Å². The maximum Gasteiger partial charge on any atom is 0.390 e. The Bertz CT molecular complexity index is 615. The first-order valence-electron chi connectivity index (χ1n) is 6.67. The highest BCUT2D eigenvalue weighted by Crippen LogP contribution is 2.34. The van der Waals surface area contributed by atoms with Crippen LogP contribution in [0.25, 0.3) is 0 Å². The molecular formula is C16H16F3NO2. The topological polar surface area (TPSA) is 55.5 Å². The molecule has 6 heteroatoms. The number of alkyl halides is 3. The lowest BCUT2D eigenvalue weighted by Crippen LogP contribution is -2.20. The van der Waals surface area contributed by atoms with E-state index >= 15 is 0 Å². The van der Waals surface area contributed by atoms with E-state index in [4.69, 9.17) is 10.5 Å². The second-order valence-electron chi connectivity index (χ2n) is 4.92. The Hall–Kier alpha value is -2.21. The Morgan fingerprint density at radius 2 is 1.77 bits per heavy atom. The number of rotatable bonds is 5. The van der Waals surface area contributed by atoms with E-state index in [1.54, 1.807) is 0 Å². The standard InChI is InChI=1S/C16H16F3NO2/c17-16(18,19)9-14(20)13-7-6-12(8-15(13)21)22-10-11-4-2-1-3-5-11/h1-8,14,21H,9-10,20H2/t14-/m1/s1. The molecular weight excluding hydrogens is 295 g/mol. The minimum atomic E-state index is -4.38. The van der Waals surface area contributed by atoms with E-state index in [1.807, 2.05) is 30.3 Å². The van der Waals surface area contributed by atoms with Crippen molar-refractivity contribution in [3.63, 3.8) is 0 Å². The predicted octanol–water partition coefficient (Wildman–Crippen LogP) is 3.92. The highest BCUT2D eigenvalue weighted by molar-refractivity contribution is 5.41. The molecule has 2 rings (SSSR count). The molecule has 0 bridgehead atoms. The van der Waals surface area contributed by atoms with Gasteiger partial charge >= 0.3 is 6.18 Å². The van der Waals surface area contributed by atoms with Crippen LogP contribution < -0.4 is 10.5 Å². The third-order valence-electron chi connectivity index (χ3n) is 3.10. The smallest absolute Gasteiger partial charge is 0.390 e. The Morgan fingerprint density at radius 1 is 1.09 bits per heavy atom. The summed E-state index contributed by atoms with van der Waals surface area (Å²) in [5.41, 5.74) is 6.47. The van der Waals surface area contributed by atoms with Gasteiger partial charge in [0.05, 0.1) is 6.42 Å². The SMILES string of the molecule is N[C@H](CC(F)(F)F)c1ccc(OCc2ccccc2)cc1O. The molecule has 1 atom stereocenters. The van der Waals surface area contributed by atoms with Crippen LogP contribution in [-0.2, 0) is 6.61 Å². The molecule has 118 valence electrons. The summed E-state index contributed by atoms with van der Waals surface area (Å²) in [7, 11) is 0. The Morgan fingerprint density at radius 3 is 2.36 bits per heavy atom. The lowest BCUT2D eigenvalue weighted by atomic mass is 10.0. The highest BCUT2D eigenvalue weighted by Gasteiger charge is 2.31. The molecule has 0 radical (unpaired) electrons. The number of halogens is 3. The van der Waals surface area contributed by atoms with Gasteiger partial charge < -0.3 is 15.6 Å². The molecule has 2 aromatic rings. The maximum absolute atomic E-state index is 12.3. The van der Waals surface area contributed by atoms with Crippen molar-refractivity contribution < 1.29 is 23.0 Å². The lowest BCUT2D eigenvalue weighted by Gasteiger charge is -2.16. The van der Waals surface area contributed by atoms with E-state index in [-0.39, 0.29) is 11.3 Å². The number of aromatic hydroxyl groups is 1. The van der Waals surface area contributed by atoms with Gasteiger partial charge in [-0.15, -0.1) is 0 Å². The van der Waals surface area contributed by atoms with Gasteiger partial charge in [0.15, 0.2) is 0 Å². The van der Waals surface area contributed by atoms with Gasteiger partial charge in [0.1, 0.15) is 18.1 Å². The summed E-state index contributed by atoms with van der Waals surface area (Å²) in [6, 6.07) is 12.2. The summed E-state index contributed by atoms with van der Waals surface area (Å²) in [6.45, 7) is 0.300. The fourth-order valence-corrected chi connectivity index (χ4v) is 2.03. The fourth-order valence-electron chi connectivity index (χ4n) is 2.03. The largest absolute Gasteiger partial charge is 0.507 e. The summed E-state index contributed by atoms with van der Waals surface area (Å²) in [5.74, 6) is 0.0617. The Balaban J connectivity index is 2.03. The zero-order valence-electron chi connectivity index (χ0n) is 11.7. The van der Waals surface area contributed by atoms with Crippen LogP contribution in [0, 0.1) is 0 Å². The molecule has 0 amide bonds. The first-order chi connectivity index (χ1) is 10.3. The molecule has 22 heavy (non-hydrogen) atoms. The molecule has 0 aliphatic carbocycles. The van der Waals surface area contributed by atoms with Gasteiger partial charge in [-0.3, -0.25) is 0 Å². The molecule has 0 fully saturated rings. The second-order valence-corrected chi connectivity index (χ2v) is 4.92. The monoisotopic (exact) mass is 311 g/mol. The molecule has 0 saturated carbocycles. The minimum absolute atomic E-state index is 0.0457. The van der Waals surface area contributed by atoms with Gasteiger partial charge in [0.2, 0.25) is 0 Å². The first kappa shape index (κ1) is 16.2. The molecule has 0 aliphatic rings. The van der Waals surface area contributed by atoms with Crippen LogP contribution in [0.1, 0.15) is 23.6 Å². The zero-order chi connectivity index (χ0) is 16.2. The third-order valence-corrected chi connectivity index (χ3v) is 3.10. The Kier molecular flexibility index (Phi) is 4.92. The molecule has 2 aromatic carbocycles. The second kappa shape index (κ2) is 6.70. The van der Waals surface area contributed by atoms with Crippen molar-refractivity contribution in [3.05, 3.63) is 59.7 Å². The van der Waals surface area contributed by atoms with Crippen molar-refractivity contribution in [2.45, 2.75) is 25.2 Å². The molecule has 0 unspecified atom stereocenters. The fraction of sp³-hybridized carbons (Fsp3) is 0.250. The van der Waals surface area contributed by atoms with Gasteiger partial charge in [-0.05, 0) is 11.6 Å². The van der Waals surface area contributed by atoms with Gasteiger partial charge in [0, 0.05) is 17.7 Å². The van der Waals surface area contributed by atoms with Crippen LogP contribution in [0.15, 0.2) is 48.5 Å². The van der Waals surface area contributed by atoms with Crippen molar-refractivity contribution in [2.75, 3.05) is 0 Å². The van der Waals surface area contributed by atoms with Crippen LogP contribution in [0.2, 0.25) is 0 Å². The molecule has 0 heterocycles. The highest BCUT2D eigenvalue weighted by atomic mass is 19.4. The van der Waals surface area contributed by atoms with Crippen LogP contribution in [-0.4, -0.2) is 11.3 Å². The number of phenols is 1. The van der Waals surface area contributed by atoms with Crippen LogP contribution in [0.4, 0.5) is 13.2 Å². The van der Waals surface area contributed by atoms with E-state index in [1.165, 1.54) is 18.2 Å². The van der Waals surface area contributed by atoms with E-state index in [0.29, 0.717) is 12.4 Å². The van der Waals surface area contributed by atoms with Crippen LogP contribution in [0.3, 0.4) is 0 Å². The first-order valence-corrected chi connectivity index (χ1v) is 6.67. The van der Waals surface area contributed by atoms with Gasteiger partial charge in [-0.1, -0.05) is 36.4 Å². The van der Waals surface area contributed by atoms with E-state index in [9.17, 15) is 18.3 Å². The number of nitrogens with two attached hydrogens (primary N) is 1. The van der Waals surface area contributed by atoms with Crippen LogP contribution in [0.5, 0.6) is 11.5 Å². The number of hydrogen-bond donors (Lipinski definition) is 2. The number of ether oxygens (including phenoxy) is 1. The molecule has 0 aromatic heterocycles. The predicted molar refractivity (Wildman–Crippen MR) is 76.5 cm³/mol. The molecule has 3 nitrogen and oxygen atoms in total. The summed E-state index contributed by atoms with van der Waals surface area (Å²) in [6.07, 6.45) is -5.57. The molecule has 3 N–H and O–H groups in total. The van der Waals surface area contributed by atoms with Crippen molar-refractivity contribution in [1.29, 1.82) is 0 Å². The summed E-state index contributed by atoms with van der Waals surface area (Å²) in [5, 5.41) is 9.83. The number of phenolic OH excluding ortho intramolecular Hbond substituents is 1. The Labute approximate surface area is 126 Å². The number of hydrogen-bond acceptors (Lipinski definition) is 3. The quantitative estimate of drug-likeness (QED) is 0.880. The average Bonchev–Trinajstić information content (AvgIpc) is 2.44. The molecule has 0 spiro atoms. The lowest BCUT2D eigenvalue weighted by molar-refractivity contribution is -0.138. The molecule has 0 aliphatic heterocycles. The van der Waals surface area contributed by atoms with E-state index in [0.717, 1.165) is 5.56 Å². The van der Waals surface area contributed by atoms with E-state index in [2.05, 4.69) is 0 Å². The van der Waals surface area contributed by atoms with E-state index < -0.39 is 18.6 Å². The maximum atomic E-state index is 12.3. The van der Waals surface area contributed by atoms with Gasteiger partial charge in [-0.2, -0.15) is 13.2 Å². The molecule has 0 saturated heterocycles. The zero-order valence-corrected chi connectivity index (χ0v) is 11.7. The minimum Gasteiger partial charge on any atom is -0.507 e. The van der Waals surface area contributed by atoms with Crippen molar-refractivity contribution >= 4 is 0 Å². The normalized spacial score (nSPS) is 12.9. The summed E-state index contributed by atoms with van der Waals surface area (Å²) < 4.78 is 42.5. The third kappa shape index (κ3) is 4.66.